The summed E-state index contributed by atoms with van der Waals surface area (Å²) in [7, 11) is 1.63. The number of nitrogens with one attached hydrogen (secondary N) is 1. The maximum atomic E-state index is 10.9. The fraction of sp³-hybridized carbons (Fsp3) is 0.583. The second-order valence-electron chi connectivity index (χ2n) is 4.01. The number of pyridine rings is 1. The number of nitrogens with zero attached hydrogens (tertiary/aromatic N) is 2. The number of methoxy groups -OCH3 is 1. The highest BCUT2D eigenvalue weighted by atomic mass is 79.9. The van der Waals surface area contributed by atoms with E-state index in [1.807, 2.05) is 0 Å². The van der Waals surface area contributed by atoms with Crippen LogP contribution in [0.2, 0.25) is 0 Å². The van der Waals surface area contributed by atoms with Crippen LogP contribution in [0.1, 0.15) is 12.8 Å². The summed E-state index contributed by atoms with van der Waals surface area (Å²) in [5.41, 5.74) is 0.432. The maximum Gasteiger partial charge on any atom is 0.311 e. The lowest BCUT2D eigenvalue weighted by atomic mass is 10.3. The zero-order valence-electron chi connectivity index (χ0n) is 11.3. The van der Waals surface area contributed by atoms with Crippen molar-refractivity contribution in [3.8, 4) is 0 Å². The highest BCUT2D eigenvalue weighted by molar-refractivity contribution is 9.10. The molecular weight excluding hydrogens is 330 g/mol. The van der Waals surface area contributed by atoms with E-state index in [1.54, 1.807) is 7.11 Å². The Bertz CT molecular complexity index is 431. The van der Waals surface area contributed by atoms with Crippen molar-refractivity contribution in [3.05, 3.63) is 27.0 Å². The fourth-order valence-corrected chi connectivity index (χ4v) is 1.99. The van der Waals surface area contributed by atoms with Gasteiger partial charge in [-0.25, -0.2) is 0 Å². The van der Waals surface area contributed by atoms with E-state index in [-0.39, 0.29) is 5.69 Å². The summed E-state index contributed by atoms with van der Waals surface area (Å²) in [6, 6.07) is 0. The number of hydrogen-bond donors (Lipinski definition) is 1. The average Bonchev–Trinajstić information content (AvgIpc) is 2.43. The van der Waals surface area contributed by atoms with Gasteiger partial charge in [-0.15, -0.1) is 0 Å². The first kappa shape index (κ1) is 16.8. The first-order valence-corrected chi connectivity index (χ1v) is 7.04. The predicted molar refractivity (Wildman–Crippen MR) is 79.0 cm³/mol. The Morgan fingerprint density at radius 3 is 2.85 bits per heavy atom. The van der Waals surface area contributed by atoms with Crippen LogP contribution < -0.4 is 5.32 Å². The molecule has 1 aromatic heterocycles. The second kappa shape index (κ2) is 9.62. The van der Waals surface area contributed by atoms with E-state index >= 15 is 0 Å². The summed E-state index contributed by atoms with van der Waals surface area (Å²) in [6.45, 7) is 2.47. The van der Waals surface area contributed by atoms with Gasteiger partial charge in [0.2, 0.25) is 0 Å². The predicted octanol–water partition coefficient (Wildman–Crippen LogP) is 2.61. The molecule has 0 atom stereocenters. The third-order valence-electron chi connectivity index (χ3n) is 2.53. The Kier molecular flexibility index (Phi) is 8.08. The van der Waals surface area contributed by atoms with Gasteiger partial charge >= 0.3 is 5.69 Å². The first-order valence-electron chi connectivity index (χ1n) is 6.25. The van der Waals surface area contributed by atoms with Crippen LogP contribution in [-0.2, 0) is 9.47 Å². The van der Waals surface area contributed by atoms with E-state index in [2.05, 4.69) is 26.2 Å². The Balaban J connectivity index is 2.30. The number of anilines is 1. The van der Waals surface area contributed by atoms with Crippen LogP contribution in [0.25, 0.3) is 0 Å². The van der Waals surface area contributed by atoms with E-state index < -0.39 is 4.92 Å². The minimum atomic E-state index is -0.450. The van der Waals surface area contributed by atoms with Crippen LogP contribution in [0.4, 0.5) is 11.4 Å². The minimum Gasteiger partial charge on any atom is -0.382 e. The lowest BCUT2D eigenvalue weighted by Crippen LogP contribution is -2.08. The maximum absolute atomic E-state index is 10.9. The molecule has 0 spiro atoms. The first-order chi connectivity index (χ1) is 9.66. The molecule has 1 heterocycles. The highest BCUT2D eigenvalue weighted by Gasteiger charge is 2.16. The molecule has 0 radical (unpaired) electrons. The summed E-state index contributed by atoms with van der Waals surface area (Å²) in [5, 5.41) is 13.9. The number of rotatable bonds is 10. The number of nitro groups is 1. The summed E-state index contributed by atoms with van der Waals surface area (Å²) < 4.78 is 10.8. The highest BCUT2D eigenvalue weighted by Crippen LogP contribution is 2.30. The Hall–Kier alpha value is -1.25. The van der Waals surface area contributed by atoms with Gasteiger partial charge in [-0.1, -0.05) is 0 Å². The van der Waals surface area contributed by atoms with Gasteiger partial charge in [0.15, 0.2) is 0 Å². The zero-order valence-corrected chi connectivity index (χ0v) is 12.9. The molecule has 1 rings (SSSR count). The van der Waals surface area contributed by atoms with Crippen LogP contribution in [0.15, 0.2) is 16.9 Å². The molecule has 112 valence electrons. The number of unbranched alkanes of at least 4 members (excludes halogenated alkanes) is 1. The van der Waals surface area contributed by atoms with Crippen molar-refractivity contribution < 1.29 is 14.4 Å². The van der Waals surface area contributed by atoms with Gasteiger partial charge in [-0.2, -0.15) is 0 Å². The molecule has 0 saturated carbocycles. The Morgan fingerprint density at radius 2 is 2.15 bits per heavy atom. The van der Waals surface area contributed by atoms with Crippen LogP contribution in [0.5, 0.6) is 0 Å². The van der Waals surface area contributed by atoms with Crippen molar-refractivity contribution in [2.45, 2.75) is 12.8 Å². The summed E-state index contributed by atoms with van der Waals surface area (Å²) in [6.07, 6.45) is 4.51. The molecule has 0 saturated heterocycles. The van der Waals surface area contributed by atoms with E-state index in [4.69, 9.17) is 9.47 Å². The molecule has 7 nitrogen and oxygen atoms in total. The number of hydrogen-bond acceptors (Lipinski definition) is 6. The minimum absolute atomic E-state index is 0.0317. The smallest absolute Gasteiger partial charge is 0.311 e. The largest absolute Gasteiger partial charge is 0.382 e. The van der Waals surface area contributed by atoms with Gasteiger partial charge in [0, 0.05) is 26.5 Å². The third-order valence-corrected chi connectivity index (χ3v) is 3.13. The molecule has 0 fully saturated rings. The molecule has 0 aliphatic carbocycles. The Morgan fingerprint density at radius 1 is 1.35 bits per heavy atom. The number of halogens is 1. The third kappa shape index (κ3) is 5.81. The van der Waals surface area contributed by atoms with Crippen LogP contribution >= 0.6 is 15.9 Å². The molecule has 0 bridgehead atoms. The van der Waals surface area contributed by atoms with Crippen LogP contribution in [-0.4, -0.2) is 43.4 Å². The van der Waals surface area contributed by atoms with Gasteiger partial charge < -0.3 is 14.8 Å². The van der Waals surface area contributed by atoms with E-state index in [9.17, 15) is 10.1 Å². The molecule has 0 amide bonds. The summed E-state index contributed by atoms with van der Waals surface area (Å²) in [5.74, 6) is 0. The van der Waals surface area contributed by atoms with Gasteiger partial charge in [0.1, 0.15) is 11.9 Å². The van der Waals surface area contributed by atoms with Crippen molar-refractivity contribution in [1.82, 2.24) is 4.98 Å². The van der Waals surface area contributed by atoms with Crippen molar-refractivity contribution in [1.29, 1.82) is 0 Å². The van der Waals surface area contributed by atoms with Gasteiger partial charge in [0.25, 0.3) is 0 Å². The monoisotopic (exact) mass is 347 g/mol. The van der Waals surface area contributed by atoms with Crippen LogP contribution in [0, 0.1) is 10.1 Å². The van der Waals surface area contributed by atoms with Crippen molar-refractivity contribution in [2.75, 3.05) is 38.8 Å². The number of ether oxygens (including phenoxy) is 2. The molecule has 20 heavy (non-hydrogen) atoms. The van der Waals surface area contributed by atoms with Crippen molar-refractivity contribution >= 4 is 27.3 Å². The molecule has 0 aliphatic heterocycles. The molecule has 1 N–H and O–H groups in total. The molecule has 0 aromatic carbocycles. The molecular formula is C12H18BrN3O4. The fourth-order valence-electron chi connectivity index (χ4n) is 1.53. The van der Waals surface area contributed by atoms with Crippen molar-refractivity contribution in [2.24, 2.45) is 0 Å². The summed E-state index contributed by atoms with van der Waals surface area (Å²) >= 11 is 3.26. The second-order valence-corrected chi connectivity index (χ2v) is 4.87. The molecule has 0 unspecified atom stereocenters. The van der Waals surface area contributed by atoms with Gasteiger partial charge in [-0.3, -0.25) is 15.1 Å². The quantitative estimate of drug-likeness (QED) is 0.397. The van der Waals surface area contributed by atoms with E-state index in [0.717, 1.165) is 12.8 Å². The van der Waals surface area contributed by atoms with E-state index in [0.29, 0.717) is 36.5 Å². The van der Waals surface area contributed by atoms with Crippen LogP contribution in [0.3, 0.4) is 0 Å². The topological polar surface area (TPSA) is 86.5 Å². The zero-order chi connectivity index (χ0) is 14.8. The van der Waals surface area contributed by atoms with Gasteiger partial charge in [-0.05, 0) is 28.8 Å². The Labute approximate surface area is 126 Å². The molecule has 1 aromatic rings. The lowest BCUT2D eigenvalue weighted by Gasteiger charge is -2.08. The number of aromatic nitrogens is 1. The summed E-state index contributed by atoms with van der Waals surface area (Å²) in [4.78, 5) is 14.2. The SMILES string of the molecule is COCCOCCCCNc1c(Br)cncc1[N+](=O)[O-]. The van der Waals surface area contributed by atoms with Gasteiger partial charge in [0.05, 0.1) is 22.6 Å². The van der Waals surface area contributed by atoms with Crippen molar-refractivity contribution in [3.63, 3.8) is 0 Å². The molecule has 8 heteroatoms. The lowest BCUT2D eigenvalue weighted by molar-refractivity contribution is -0.384. The standard InChI is InChI=1S/C12H18BrN3O4/c1-19-6-7-20-5-3-2-4-15-12-10(13)8-14-9-11(12)16(17)18/h8-9H,2-7H2,1H3,(H,14,15). The normalized spacial score (nSPS) is 10.5. The average molecular weight is 348 g/mol. The van der Waals surface area contributed by atoms with E-state index in [1.165, 1.54) is 12.4 Å². The molecule has 0 aliphatic rings.